The van der Waals surface area contributed by atoms with E-state index in [1.165, 1.54) is 11.6 Å². The highest BCUT2D eigenvalue weighted by molar-refractivity contribution is 5.90. The van der Waals surface area contributed by atoms with Crippen LogP contribution < -0.4 is 4.90 Å². The first kappa shape index (κ1) is 21.7. The zero-order valence-corrected chi connectivity index (χ0v) is 19.2. The fourth-order valence-corrected chi connectivity index (χ4v) is 5.30. The van der Waals surface area contributed by atoms with E-state index in [1.807, 2.05) is 42.5 Å². The lowest BCUT2D eigenvalue weighted by Crippen LogP contribution is -2.46. The van der Waals surface area contributed by atoms with Gasteiger partial charge in [0, 0.05) is 43.7 Å². The molecule has 5 heteroatoms. The van der Waals surface area contributed by atoms with Gasteiger partial charge in [-0.3, -0.25) is 9.80 Å². The van der Waals surface area contributed by atoms with Crippen molar-refractivity contribution in [3.8, 4) is 11.1 Å². The van der Waals surface area contributed by atoms with Gasteiger partial charge in [0.2, 0.25) is 0 Å². The van der Waals surface area contributed by atoms with E-state index in [2.05, 4.69) is 30.9 Å². The number of carbonyl (C=O) groups excluding carboxylic acids is 1. The maximum absolute atomic E-state index is 14.4. The molecule has 3 aromatic carbocycles. The van der Waals surface area contributed by atoms with Gasteiger partial charge in [-0.25, -0.2) is 9.18 Å². The summed E-state index contributed by atoms with van der Waals surface area (Å²) in [6.07, 6.45) is 1.41. The van der Waals surface area contributed by atoms with E-state index in [1.54, 1.807) is 11.0 Å². The first-order chi connectivity index (χ1) is 15.9. The van der Waals surface area contributed by atoms with Crippen LogP contribution in [0, 0.1) is 19.7 Å². The van der Waals surface area contributed by atoms with Crippen LogP contribution in [0.2, 0.25) is 0 Å². The molecule has 0 radical (unpaired) electrons. The number of halogens is 1. The zero-order valence-electron chi connectivity index (χ0n) is 19.2. The normalized spacial score (nSPS) is 18.0. The molecule has 3 aromatic rings. The average molecular weight is 445 g/mol. The van der Waals surface area contributed by atoms with Crippen LogP contribution in [0.5, 0.6) is 0 Å². The topological polar surface area (TPSA) is 32.8 Å². The molecule has 2 saturated heterocycles. The van der Waals surface area contributed by atoms with E-state index in [9.17, 15) is 9.18 Å². The highest BCUT2D eigenvalue weighted by atomic mass is 19.1. The molecule has 0 N–H and O–H groups in total. The Bertz CT molecular complexity index is 1150. The number of hydrogen-bond acceptors (Lipinski definition) is 3. The molecule has 0 unspecified atom stereocenters. The van der Waals surface area contributed by atoms with Gasteiger partial charge in [-0.15, -0.1) is 0 Å². The van der Waals surface area contributed by atoms with Crippen molar-refractivity contribution in [1.82, 2.24) is 4.90 Å². The summed E-state index contributed by atoms with van der Waals surface area (Å²) >= 11 is 0. The number of ether oxygens (including phenoxy) is 1. The summed E-state index contributed by atoms with van der Waals surface area (Å²) in [7, 11) is 0. The van der Waals surface area contributed by atoms with Crippen molar-refractivity contribution in [2.75, 3.05) is 24.5 Å². The molecular formula is C28H29FN2O2. The maximum atomic E-state index is 14.4. The molecule has 33 heavy (non-hydrogen) atoms. The maximum Gasteiger partial charge on any atom is 0.415 e. The molecule has 0 atom stereocenters. The lowest BCUT2D eigenvalue weighted by atomic mass is 9.90. The minimum absolute atomic E-state index is 0.187. The number of hydrogen-bond donors (Lipinski definition) is 0. The van der Waals surface area contributed by atoms with Crippen LogP contribution in [0.3, 0.4) is 0 Å². The second-order valence-corrected chi connectivity index (χ2v) is 9.33. The smallest absolute Gasteiger partial charge is 0.415 e. The quantitative estimate of drug-likeness (QED) is 0.487. The van der Waals surface area contributed by atoms with Gasteiger partial charge in [0.15, 0.2) is 0 Å². The fourth-order valence-electron chi connectivity index (χ4n) is 5.30. The van der Waals surface area contributed by atoms with Gasteiger partial charge in [0.1, 0.15) is 11.4 Å². The third-order valence-corrected chi connectivity index (χ3v) is 6.95. The molecular weight excluding hydrogens is 415 g/mol. The van der Waals surface area contributed by atoms with Gasteiger partial charge < -0.3 is 4.74 Å². The lowest BCUT2D eigenvalue weighted by Gasteiger charge is -2.37. The molecule has 0 saturated carbocycles. The van der Waals surface area contributed by atoms with E-state index < -0.39 is 5.60 Å². The molecule has 0 aliphatic carbocycles. The van der Waals surface area contributed by atoms with Crippen molar-refractivity contribution in [2.45, 2.75) is 38.8 Å². The van der Waals surface area contributed by atoms with Crippen LogP contribution in [-0.4, -0.2) is 36.2 Å². The zero-order chi connectivity index (χ0) is 23.0. The number of rotatable bonds is 4. The number of benzene rings is 3. The highest BCUT2D eigenvalue weighted by Gasteiger charge is 2.47. The monoisotopic (exact) mass is 444 g/mol. The first-order valence-electron chi connectivity index (χ1n) is 11.6. The van der Waals surface area contributed by atoms with Crippen molar-refractivity contribution >= 4 is 11.8 Å². The fraction of sp³-hybridized carbons (Fsp3) is 0.321. The Balaban J connectivity index is 1.26. The molecule has 1 spiro atoms. The third-order valence-electron chi connectivity index (χ3n) is 6.95. The van der Waals surface area contributed by atoms with Crippen LogP contribution in [0.25, 0.3) is 11.1 Å². The number of anilines is 1. The molecule has 2 fully saturated rings. The summed E-state index contributed by atoms with van der Waals surface area (Å²) < 4.78 is 20.3. The summed E-state index contributed by atoms with van der Waals surface area (Å²) in [4.78, 5) is 16.7. The Morgan fingerprint density at radius 3 is 2.24 bits per heavy atom. The summed E-state index contributed by atoms with van der Waals surface area (Å²) in [6.45, 7) is 7.32. The summed E-state index contributed by atoms with van der Waals surface area (Å²) in [5.41, 5.74) is 5.54. The van der Waals surface area contributed by atoms with Gasteiger partial charge in [0.05, 0.1) is 6.54 Å². The largest absolute Gasteiger partial charge is 0.441 e. The van der Waals surface area contributed by atoms with Crippen LogP contribution in [0.1, 0.15) is 29.5 Å². The van der Waals surface area contributed by atoms with Crippen molar-refractivity contribution in [1.29, 1.82) is 0 Å². The molecule has 1 amide bonds. The molecule has 4 nitrogen and oxygen atoms in total. The number of para-hydroxylation sites is 1. The SMILES string of the molecule is Cc1cc(CN2CCC3(CC2)CN(c2ccccc2)C(=O)O3)cc(C)c1-c1ccccc1F. The van der Waals surface area contributed by atoms with Crippen molar-refractivity contribution in [3.63, 3.8) is 0 Å². The van der Waals surface area contributed by atoms with Crippen LogP contribution in [0.15, 0.2) is 66.7 Å². The predicted molar refractivity (Wildman–Crippen MR) is 129 cm³/mol. The minimum atomic E-state index is -0.399. The van der Waals surface area contributed by atoms with Gasteiger partial charge >= 0.3 is 6.09 Å². The standard InChI is InChI=1S/C28H29FN2O2/c1-20-16-22(17-21(2)26(20)24-10-6-7-11-25(24)29)18-30-14-12-28(13-15-30)19-31(27(32)33-28)23-8-4-3-5-9-23/h3-11,16-17H,12-15,18-19H2,1-2H3. The van der Waals surface area contributed by atoms with Gasteiger partial charge in [-0.05, 0) is 54.3 Å². The summed E-state index contributed by atoms with van der Waals surface area (Å²) in [6, 6.07) is 21.0. The molecule has 170 valence electrons. The van der Waals surface area contributed by atoms with Crippen molar-refractivity contribution in [2.24, 2.45) is 0 Å². The Morgan fingerprint density at radius 1 is 0.939 bits per heavy atom. The molecule has 0 bridgehead atoms. The highest BCUT2D eigenvalue weighted by Crippen LogP contribution is 2.36. The third kappa shape index (κ3) is 4.25. The number of aryl methyl sites for hydroxylation is 2. The van der Waals surface area contributed by atoms with Crippen LogP contribution in [-0.2, 0) is 11.3 Å². The predicted octanol–water partition coefficient (Wildman–Crippen LogP) is 6.10. The van der Waals surface area contributed by atoms with E-state index in [4.69, 9.17) is 4.74 Å². The summed E-state index contributed by atoms with van der Waals surface area (Å²) in [5.74, 6) is -0.187. The van der Waals surface area contributed by atoms with Gasteiger partial charge in [-0.2, -0.15) is 0 Å². The molecule has 2 heterocycles. The van der Waals surface area contributed by atoms with E-state index in [-0.39, 0.29) is 11.9 Å². The Hall–Kier alpha value is -3.18. The first-order valence-corrected chi connectivity index (χ1v) is 11.6. The van der Waals surface area contributed by atoms with Gasteiger partial charge in [0.25, 0.3) is 0 Å². The minimum Gasteiger partial charge on any atom is -0.441 e. The molecule has 5 rings (SSSR count). The van der Waals surface area contributed by atoms with Crippen molar-refractivity contribution in [3.05, 3.63) is 89.2 Å². The Kier molecular flexibility index (Phi) is 5.67. The number of carbonyl (C=O) groups is 1. The molecule has 0 aromatic heterocycles. The summed E-state index contributed by atoms with van der Waals surface area (Å²) in [5, 5.41) is 0. The Labute approximate surface area is 194 Å². The molecule has 2 aliphatic rings. The lowest BCUT2D eigenvalue weighted by molar-refractivity contribution is -0.000978. The second kappa shape index (κ2) is 8.64. The Morgan fingerprint density at radius 2 is 1.58 bits per heavy atom. The average Bonchev–Trinajstić information content (AvgIpc) is 3.13. The van der Waals surface area contributed by atoms with Gasteiger partial charge in [-0.1, -0.05) is 48.5 Å². The van der Waals surface area contributed by atoms with Crippen LogP contribution in [0.4, 0.5) is 14.9 Å². The molecule has 2 aliphatic heterocycles. The number of piperidine rings is 1. The van der Waals surface area contributed by atoms with Crippen molar-refractivity contribution < 1.29 is 13.9 Å². The second-order valence-electron chi connectivity index (χ2n) is 9.33. The van der Waals surface area contributed by atoms with E-state index >= 15 is 0 Å². The number of nitrogens with zero attached hydrogens (tertiary/aromatic N) is 2. The number of likely N-dealkylation sites (tertiary alicyclic amines) is 1. The van der Waals surface area contributed by atoms with Crippen LogP contribution >= 0.6 is 0 Å². The van der Waals surface area contributed by atoms with E-state index in [0.29, 0.717) is 12.1 Å². The van der Waals surface area contributed by atoms with E-state index in [0.717, 1.165) is 54.9 Å². The number of amides is 1.